The lowest BCUT2D eigenvalue weighted by Crippen LogP contribution is -2.41. The van der Waals surface area contributed by atoms with Crippen LogP contribution in [0.2, 0.25) is 0 Å². The fourth-order valence-corrected chi connectivity index (χ4v) is 4.97. The van der Waals surface area contributed by atoms with E-state index in [-0.39, 0.29) is 18.3 Å². The van der Waals surface area contributed by atoms with Gasteiger partial charge in [0.2, 0.25) is 0 Å². The van der Waals surface area contributed by atoms with Crippen molar-refractivity contribution in [2.24, 2.45) is 0 Å². The minimum absolute atomic E-state index is 0.354. The molecule has 1 saturated heterocycles. The summed E-state index contributed by atoms with van der Waals surface area (Å²) in [6.45, 7) is 8.45. The maximum absolute atomic E-state index is 6.47. The summed E-state index contributed by atoms with van der Waals surface area (Å²) < 4.78 is 15.5. The zero-order chi connectivity index (χ0) is 18.1. The van der Waals surface area contributed by atoms with Gasteiger partial charge in [0, 0.05) is 14.8 Å². The molecule has 1 aliphatic heterocycles. The summed E-state index contributed by atoms with van der Waals surface area (Å²) in [5.41, 5.74) is 0.452. The lowest BCUT2D eigenvalue weighted by Gasteiger charge is -2.32. The predicted molar refractivity (Wildman–Crippen MR) is 113 cm³/mol. The molecule has 130 valence electrons. The highest BCUT2D eigenvalue weighted by Crippen LogP contribution is 2.40. The van der Waals surface area contributed by atoms with Crippen LogP contribution in [0.4, 0.5) is 0 Å². The second-order valence-electron chi connectivity index (χ2n) is 8.07. The van der Waals surface area contributed by atoms with Crippen molar-refractivity contribution in [3.8, 4) is 0 Å². The highest BCUT2D eigenvalue weighted by atomic mass is 32.1. The van der Waals surface area contributed by atoms with E-state index >= 15 is 0 Å². The molecule has 4 heteroatoms. The fraction of sp³-hybridized carbons (Fsp3) is 0.273. The molecule has 0 aliphatic carbocycles. The van der Waals surface area contributed by atoms with Crippen LogP contribution in [0.15, 0.2) is 54.6 Å². The van der Waals surface area contributed by atoms with E-state index in [0.29, 0.717) is 0 Å². The van der Waals surface area contributed by atoms with Gasteiger partial charge in [-0.15, -0.1) is 11.3 Å². The lowest BCUT2D eigenvalue weighted by molar-refractivity contribution is 0.00578. The summed E-state index contributed by atoms with van der Waals surface area (Å²) in [5, 5.41) is 4.99. The Balaban J connectivity index is 1.89. The van der Waals surface area contributed by atoms with Crippen LogP contribution in [0, 0.1) is 0 Å². The van der Waals surface area contributed by atoms with Gasteiger partial charge in [-0.1, -0.05) is 42.5 Å². The van der Waals surface area contributed by atoms with E-state index in [4.69, 9.17) is 9.31 Å². The van der Waals surface area contributed by atoms with Gasteiger partial charge in [0.05, 0.1) is 11.2 Å². The molecule has 2 nitrogen and oxygen atoms in total. The molecule has 4 aromatic rings. The molecule has 1 aromatic heterocycles. The van der Waals surface area contributed by atoms with Crippen LogP contribution in [0.1, 0.15) is 27.7 Å². The molecule has 0 bridgehead atoms. The summed E-state index contributed by atoms with van der Waals surface area (Å²) in [4.78, 5) is 0. The SMILES string of the molecule is CC1(C)OB(c2c3ccccc3cc3sc4ccccc4c23)OC1(C)C. The Morgan fingerprint density at radius 2 is 1.38 bits per heavy atom. The van der Waals surface area contributed by atoms with Crippen molar-refractivity contribution in [2.75, 3.05) is 0 Å². The van der Waals surface area contributed by atoms with Crippen molar-refractivity contribution in [1.82, 2.24) is 0 Å². The molecular formula is C22H21BO2S. The van der Waals surface area contributed by atoms with E-state index < -0.39 is 0 Å². The van der Waals surface area contributed by atoms with Gasteiger partial charge < -0.3 is 9.31 Å². The predicted octanol–water partition coefficient (Wildman–Crippen LogP) is 5.51. The average Bonchev–Trinajstić information content (AvgIpc) is 3.06. The first kappa shape index (κ1) is 16.3. The van der Waals surface area contributed by atoms with Gasteiger partial charge in [0.25, 0.3) is 0 Å². The second-order valence-corrected chi connectivity index (χ2v) is 9.15. The van der Waals surface area contributed by atoms with Crippen LogP contribution in [0.5, 0.6) is 0 Å². The Bertz CT molecular complexity index is 1140. The van der Waals surface area contributed by atoms with E-state index in [9.17, 15) is 0 Å². The number of hydrogen-bond donors (Lipinski definition) is 0. The Hall–Kier alpha value is -1.88. The third-order valence-electron chi connectivity index (χ3n) is 5.92. The monoisotopic (exact) mass is 360 g/mol. The molecule has 0 N–H and O–H groups in total. The molecule has 1 fully saturated rings. The quantitative estimate of drug-likeness (QED) is 0.417. The summed E-state index contributed by atoms with van der Waals surface area (Å²) >= 11 is 1.84. The Kier molecular flexibility index (Phi) is 3.34. The third-order valence-corrected chi connectivity index (χ3v) is 7.04. The molecule has 0 amide bonds. The first-order chi connectivity index (χ1) is 12.4. The number of rotatable bonds is 1. The summed E-state index contributed by atoms with van der Waals surface area (Å²) in [7, 11) is -0.369. The summed E-state index contributed by atoms with van der Waals surface area (Å²) in [6, 6.07) is 19.5. The van der Waals surface area contributed by atoms with Crippen molar-refractivity contribution < 1.29 is 9.31 Å². The van der Waals surface area contributed by atoms with E-state index in [0.717, 1.165) is 5.46 Å². The molecule has 0 radical (unpaired) electrons. The molecule has 26 heavy (non-hydrogen) atoms. The second kappa shape index (κ2) is 5.32. The van der Waals surface area contributed by atoms with Gasteiger partial charge in [-0.05, 0) is 61.4 Å². The first-order valence-electron chi connectivity index (χ1n) is 9.06. The average molecular weight is 360 g/mol. The van der Waals surface area contributed by atoms with Crippen molar-refractivity contribution in [3.05, 3.63) is 54.6 Å². The Morgan fingerprint density at radius 3 is 2.12 bits per heavy atom. The fourth-order valence-electron chi connectivity index (χ4n) is 3.79. The molecule has 0 saturated carbocycles. The molecule has 0 atom stereocenters. The van der Waals surface area contributed by atoms with Gasteiger partial charge in [-0.2, -0.15) is 0 Å². The van der Waals surface area contributed by atoms with Crippen LogP contribution >= 0.6 is 11.3 Å². The van der Waals surface area contributed by atoms with E-state index in [1.54, 1.807) is 0 Å². The topological polar surface area (TPSA) is 18.5 Å². The zero-order valence-corrected chi connectivity index (χ0v) is 16.3. The normalized spacial score (nSPS) is 19.0. The molecule has 0 spiro atoms. The van der Waals surface area contributed by atoms with Crippen molar-refractivity contribution in [2.45, 2.75) is 38.9 Å². The first-order valence-corrected chi connectivity index (χ1v) is 9.88. The number of benzene rings is 3. The van der Waals surface area contributed by atoms with E-state index in [1.165, 1.54) is 30.9 Å². The smallest absolute Gasteiger partial charge is 0.399 e. The van der Waals surface area contributed by atoms with Crippen molar-refractivity contribution >= 4 is 54.9 Å². The van der Waals surface area contributed by atoms with Crippen LogP contribution in [-0.4, -0.2) is 18.3 Å². The molecule has 0 unspecified atom stereocenters. The number of thiophene rings is 1. The molecule has 5 rings (SSSR count). The highest BCUT2D eigenvalue weighted by Gasteiger charge is 2.52. The van der Waals surface area contributed by atoms with Gasteiger partial charge in [0.1, 0.15) is 0 Å². The largest absolute Gasteiger partial charge is 0.496 e. The maximum Gasteiger partial charge on any atom is 0.496 e. The molecular weight excluding hydrogens is 339 g/mol. The molecule has 1 aliphatic rings. The van der Waals surface area contributed by atoms with Crippen LogP contribution < -0.4 is 5.46 Å². The molecule has 2 heterocycles. The van der Waals surface area contributed by atoms with Gasteiger partial charge in [-0.25, -0.2) is 0 Å². The third kappa shape index (κ3) is 2.19. The Morgan fingerprint density at radius 1 is 0.769 bits per heavy atom. The van der Waals surface area contributed by atoms with Crippen LogP contribution in [0.25, 0.3) is 30.9 Å². The molecule has 3 aromatic carbocycles. The van der Waals surface area contributed by atoms with Crippen molar-refractivity contribution in [1.29, 1.82) is 0 Å². The zero-order valence-electron chi connectivity index (χ0n) is 15.5. The summed E-state index contributed by atoms with van der Waals surface area (Å²) in [5.74, 6) is 0. The van der Waals surface area contributed by atoms with Gasteiger partial charge >= 0.3 is 7.12 Å². The van der Waals surface area contributed by atoms with Crippen molar-refractivity contribution in [3.63, 3.8) is 0 Å². The van der Waals surface area contributed by atoms with E-state index in [2.05, 4.69) is 82.3 Å². The summed E-state index contributed by atoms with van der Waals surface area (Å²) in [6.07, 6.45) is 0. The number of hydrogen-bond acceptors (Lipinski definition) is 3. The van der Waals surface area contributed by atoms with Gasteiger partial charge in [-0.3, -0.25) is 0 Å². The number of fused-ring (bicyclic) bond motifs is 4. The van der Waals surface area contributed by atoms with Crippen LogP contribution in [-0.2, 0) is 9.31 Å². The van der Waals surface area contributed by atoms with Gasteiger partial charge in [0.15, 0.2) is 0 Å². The highest BCUT2D eigenvalue weighted by molar-refractivity contribution is 7.26. The lowest BCUT2D eigenvalue weighted by atomic mass is 9.73. The maximum atomic E-state index is 6.47. The standard InChI is InChI=1S/C22H21BO2S/c1-21(2)22(3,4)25-23(24-21)20-15-10-6-5-9-14(15)13-18-19(20)16-11-7-8-12-17(16)26-18/h5-13H,1-4H3. The minimum Gasteiger partial charge on any atom is -0.399 e. The Labute approximate surface area is 157 Å². The van der Waals surface area contributed by atoms with Crippen LogP contribution in [0.3, 0.4) is 0 Å². The minimum atomic E-state index is -0.369. The van der Waals surface area contributed by atoms with E-state index in [1.807, 2.05) is 11.3 Å².